The number of aromatic nitrogens is 2. The molecule has 200 valence electrons. The van der Waals surface area contributed by atoms with Crippen molar-refractivity contribution < 1.29 is 18.3 Å². The average molecular weight is 508 g/mol. The van der Waals surface area contributed by atoms with Crippen molar-refractivity contribution >= 4 is 21.8 Å². The summed E-state index contributed by atoms with van der Waals surface area (Å²) in [6.07, 6.45) is 4.08. The summed E-state index contributed by atoms with van der Waals surface area (Å²) in [5.74, 6) is 0. The molecule has 0 radical (unpaired) electrons. The number of alkyl halides is 3. The maximum atomic E-state index is 13.9. The first-order valence-corrected chi connectivity index (χ1v) is 13.3. The van der Waals surface area contributed by atoms with E-state index in [-0.39, 0.29) is 17.5 Å². The van der Waals surface area contributed by atoms with Gasteiger partial charge in [0.25, 0.3) is 0 Å². The maximum absolute atomic E-state index is 13.9. The molecule has 5 nitrogen and oxygen atoms in total. The molecule has 0 aliphatic rings. The molecule has 0 unspecified atom stereocenters. The van der Waals surface area contributed by atoms with E-state index in [9.17, 15) is 18.0 Å². The van der Waals surface area contributed by atoms with Gasteiger partial charge in [-0.15, -0.1) is 0 Å². The summed E-state index contributed by atoms with van der Waals surface area (Å²) in [6, 6.07) is 4.12. The third-order valence-electron chi connectivity index (χ3n) is 7.27. The average Bonchev–Trinajstić information content (AvgIpc) is 3.11. The zero-order chi connectivity index (χ0) is 26.3. The predicted molar refractivity (Wildman–Crippen MR) is 141 cm³/mol. The fourth-order valence-electron chi connectivity index (χ4n) is 5.44. The molecule has 2 N–H and O–H groups in total. The van der Waals surface area contributed by atoms with Gasteiger partial charge in [-0.2, -0.15) is 13.2 Å². The smallest absolute Gasteiger partial charge is 0.395 e. The van der Waals surface area contributed by atoms with Crippen LogP contribution < -0.4 is 5.56 Å². The van der Waals surface area contributed by atoms with E-state index in [2.05, 4.69) is 21.4 Å². The molecular formula is C28H40F3N3O2. The van der Waals surface area contributed by atoms with Gasteiger partial charge in [0.1, 0.15) is 0 Å². The highest BCUT2D eigenvalue weighted by Crippen LogP contribution is 2.39. The van der Waals surface area contributed by atoms with Gasteiger partial charge in [-0.05, 0) is 57.0 Å². The zero-order valence-corrected chi connectivity index (χ0v) is 21.8. The Morgan fingerprint density at radius 1 is 0.972 bits per heavy atom. The first-order chi connectivity index (χ1) is 17.2. The quantitative estimate of drug-likeness (QED) is 0.248. The van der Waals surface area contributed by atoms with Gasteiger partial charge in [-0.25, -0.2) is 0 Å². The van der Waals surface area contributed by atoms with Gasteiger partial charge < -0.3 is 19.6 Å². The number of hydrogen-bond donors (Lipinski definition) is 2. The number of likely N-dealkylation sites (N-methyl/N-ethyl adjacent to an activating group) is 1. The van der Waals surface area contributed by atoms with Gasteiger partial charge in [0.2, 0.25) is 5.56 Å². The molecule has 2 aromatic heterocycles. The molecule has 1 aromatic carbocycles. The topological polar surface area (TPSA) is 61.3 Å². The Balaban J connectivity index is 1.67. The molecule has 2 heterocycles. The number of hydrogen-bond acceptors (Lipinski definition) is 3. The van der Waals surface area contributed by atoms with Gasteiger partial charge in [0.05, 0.1) is 12.2 Å². The summed E-state index contributed by atoms with van der Waals surface area (Å²) in [7, 11) is 0. The maximum Gasteiger partial charge on any atom is 0.417 e. The summed E-state index contributed by atoms with van der Waals surface area (Å²) in [6.45, 7) is 9.78. The number of pyridine rings is 1. The van der Waals surface area contributed by atoms with Crippen molar-refractivity contribution in [2.45, 2.75) is 84.9 Å². The van der Waals surface area contributed by atoms with Crippen LogP contribution in [0.3, 0.4) is 0 Å². The molecule has 36 heavy (non-hydrogen) atoms. The van der Waals surface area contributed by atoms with E-state index in [1.807, 2.05) is 19.9 Å². The first-order valence-electron chi connectivity index (χ1n) is 13.3. The van der Waals surface area contributed by atoms with Crippen LogP contribution >= 0.6 is 0 Å². The highest BCUT2D eigenvalue weighted by atomic mass is 19.4. The molecule has 0 atom stereocenters. The number of H-pyrrole nitrogens is 1. The molecule has 0 spiro atoms. The molecule has 0 saturated heterocycles. The van der Waals surface area contributed by atoms with Crippen molar-refractivity contribution in [3.05, 3.63) is 45.4 Å². The molecular weight excluding hydrogens is 467 g/mol. The Bertz CT molecular complexity index is 1200. The van der Waals surface area contributed by atoms with E-state index in [0.717, 1.165) is 75.1 Å². The van der Waals surface area contributed by atoms with Crippen LogP contribution in [-0.2, 0) is 19.1 Å². The van der Waals surface area contributed by atoms with Crippen molar-refractivity contribution in [2.75, 3.05) is 26.2 Å². The highest BCUT2D eigenvalue weighted by Gasteiger charge is 2.34. The number of benzene rings is 1. The van der Waals surface area contributed by atoms with Gasteiger partial charge >= 0.3 is 6.18 Å². The van der Waals surface area contributed by atoms with E-state index in [1.54, 1.807) is 6.07 Å². The Kier molecular flexibility index (Phi) is 10.0. The summed E-state index contributed by atoms with van der Waals surface area (Å²) in [5, 5.41) is 9.75. The minimum absolute atomic E-state index is 0.0891. The number of nitrogens with one attached hydrogen (secondary N) is 1. The number of aryl methyl sites for hydroxylation is 2. The summed E-state index contributed by atoms with van der Waals surface area (Å²) in [5.41, 5.74) is 1.34. The molecule has 0 amide bonds. The van der Waals surface area contributed by atoms with Crippen LogP contribution in [0.2, 0.25) is 0 Å². The first kappa shape index (κ1) is 28.3. The molecule has 0 bridgehead atoms. The van der Waals surface area contributed by atoms with E-state index >= 15 is 0 Å². The Hall–Kier alpha value is -2.32. The van der Waals surface area contributed by atoms with Crippen LogP contribution in [0.5, 0.6) is 0 Å². The number of halogens is 3. The fraction of sp³-hybridized carbons (Fsp3) is 0.607. The van der Waals surface area contributed by atoms with Crippen LogP contribution in [0.25, 0.3) is 21.8 Å². The largest absolute Gasteiger partial charge is 0.417 e. The van der Waals surface area contributed by atoms with Gasteiger partial charge in [0, 0.05) is 46.7 Å². The lowest BCUT2D eigenvalue weighted by atomic mass is 10.0. The van der Waals surface area contributed by atoms with Crippen molar-refractivity contribution in [3.63, 3.8) is 0 Å². The van der Waals surface area contributed by atoms with Crippen LogP contribution in [0, 0.1) is 6.92 Å². The number of fused-ring (bicyclic) bond motifs is 3. The van der Waals surface area contributed by atoms with E-state index < -0.39 is 17.3 Å². The number of unbranched alkanes of at least 4 members (excludes halogenated alkanes) is 6. The Labute approximate surface area is 211 Å². The molecule has 0 saturated carbocycles. The monoisotopic (exact) mass is 507 g/mol. The molecule has 3 aromatic rings. The van der Waals surface area contributed by atoms with Gasteiger partial charge in [-0.1, -0.05) is 46.0 Å². The molecule has 8 heteroatoms. The number of rotatable bonds is 14. The second-order valence-electron chi connectivity index (χ2n) is 9.64. The van der Waals surface area contributed by atoms with Crippen LogP contribution in [-0.4, -0.2) is 45.8 Å². The SMILES string of the molecule is CCc1c(C)c2c3c(C(F)(F)F)cc(=O)[nH]c3ccc2n1CCCCCCCCCN(CC)CCO. The zero-order valence-electron chi connectivity index (χ0n) is 21.8. The highest BCUT2D eigenvalue weighted by molar-refractivity contribution is 6.09. The molecule has 3 rings (SSSR count). The van der Waals surface area contributed by atoms with E-state index in [1.165, 1.54) is 19.3 Å². The summed E-state index contributed by atoms with van der Waals surface area (Å²) < 4.78 is 43.8. The van der Waals surface area contributed by atoms with Crippen LogP contribution in [0.4, 0.5) is 13.2 Å². The minimum atomic E-state index is -4.60. The van der Waals surface area contributed by atoms with Crippen molar-refractivity contribution in [3.8, 4) is 0 Å². The number of aliphatic hydroxyl groups is 1. The lowest BCUT2D eigenvalue weighted by molar-refractivity contribution is -0.136. The van der Waals surface area contributed by atoms with Gasteiger partial charge in [-0.3, -0.25) is 4.79 Å². The van der Waals surface area contributed by atoms with Crippen molar-refractivity contribution in [2.24, 2.45) is 0 Å². The second-order valence-corrected chi connectivity index (χ2v) is 9.64. The van der Waals surface area contributed by atoms with Gasteiger partial charge in [0.15, 0.2) is 0 Å². The molecule has 0 aliphatic heterocycles. The van der Waals surface area contributed by atoms with E-state index in [0.29, 0.717) is 11.5 Å². The van der Waals surface area contributed by atoms with Crippen molar-refractivity contribution in [1.29, 1.82) is 0 Å². The number of nitrogens with zero attached hydrogens (tertiary/aromatic N) is 2. The Morgan fingerprint density at radius 2 is 1.64 bits per heavy atom. The number of aliphatic hydroxyl groups excluding tert-OH is 1. The third-order valence-corrected chi connectivity index (χ3v) is 7.27. The predicted octanol–water partition coefficient (Wildman–Crippen LogP) is 6.42. The molecule has 0 aliphatic carbocycles. The lowest BCUT2D eigenvalue weighted by Crippen LogP contribution is -2.27. The van der Waals surface area contributed by atoms with Crippen LogP contribution in [0.1, 0.15) is 75.6 Å². The van der Waals surface area contributed by atoms with E-state index in [4.69, 9.17) is 5.11 Å². The standard InChI is InChI=1S/C28H40F3N3O2/c1-4-23-20(3)26-24(14-13-22-27(26)21(28(29,30)31)19-25(36)32-22)34(23)16-12-10-8-6-7-9-11-15-33(5-2)17-18-35/h13-14,19,35H,4-12,15-18H2,1-3H3,(H,32,36). The molecule has 0 fully saturated rings. The normalized spacial score (nSPS) is 12.4. The second kappa shape index (κ2) is 12.8. The summed E-state index contributed by atoms with van der Waals surface area (Å²) >= 11 is 0. The lowest BCUT2D eigenvalue weighted by Gasteiger charge is -2.18. The Morgan fingerprint density at radius 3 is 2.25 bits per heavy atom. The summed E-state index contributed by atoms with van der Waals surface area (Å²) in [4.78, 5) is 16.7. The minimum Gasteiger partial charge on any atom is -0.395 e. The number of aromatic amines is 1. The fourth-order valence-corrected chi connectivity index (χ4v) is 5.44. The van der Waals surface area contributed by atoms with Crippen molar-refractivity contribution in [1.82, 2.24) is 14.5 Å². The van der Waals surface area contributed by atoms with Crippen LogP contribution in [0.15, 0.2) is 23.0 Å². The third kappa shape index (κ3) is 6.51.